The molecule has 0 aromatic carbocycles. The van der Waals surface area contributed by atoms with Gasteiger partial charge in [0, 0.05) is 5.41 Å². The zero-order valence-electron chi connectivity index (χ0n) is 8.05. The molecule has 74 valence electrons. The van der Waals surface area contributed by atoms with Crippen molar-refractivity contribution in [3.8, 4) is 0 Å². The summed E-state index contributed by atoms with van der Waals surface area (Å²) in [6, 6.07) is 0. The second-order valence-electron chi connectivity index (χ2n) is 4.80. The van der Waals surface area contributed by atoms with E-state index < -0.39 is 0 Å². The Kier molecular flexibility index (Phi) is 2.06. The molecule has 3 heteroatoms. The molecule has 0 bridgehead atoms. The molecule has 4 atom stereocenters. The first-order chi connectivity index (χ1) is 6.01. The number of rotatable bonds is 0. The van der Waals surface area contributed by atoms with Crippen LogP contribution in [0.1, 0.15) is 33.1 Å². The Balaban J connectivity index is 2.23. The van der Waals surface area contributed by atoms with Gasteiger partial charge in [0.2, 0.25) is 0 Å². The van der Waals surface area contributed by atoms with Crippen molar-refractivity contribution in [3.63, 3.8) is 0 Å². The van der Waals surface area contributed by atoms with Crippen LogP contribution in [-0.2, 0) is 9.53 Å². The van der Waals surface area contributed by atoms with Crippen LogP contribution in [0.3, 0.4) is 0 Å². The van der Waals surface area contributed by atoms with Crippen LogP contribution >= 0.6 is 11.6 Å². The largest absolute Gasteiger partial charge is 0.460 e. The summed E-state index contributed by atoms with van der Waals surface area (Å²) in [6.45, 7) is 4.31. The predicted molar refractivity (Wildman–Crippen MR) is 50.6 cm³/mol. The summed E-state index contributed by atoms with van der Waals surface area (Å²) in [6.07, 6.45) is 2.53. The van der Waals surface area contributed by atoms with E-state index in [1.165, 1.54) is 0 Å². The van der Waals surface area contributed by atoms with Crippen LogP contribution in [0.15, 0.2) is 0 Å². The zero-order chi connectivity index (χ0) is 9.64. The first kappa shape index (κ1) is 9.32. The molecule has 1 saturated carbocycles. The minimum absolute atomic E-state index is 0.00116. The Morgan fingerprint density at radius 3 is 3.00 bits per heavy atom. The van der Waals surface area contributed by atoms with Gasteiger partial charge in [-0.05, 0) is 18.8 Å². The summed E-state index contributed by atoms with van der Waals surface area (Å²) < 4.78 is 5.26. The van der Waals surface area contributed by atoms with Gasteiger partial charge < -0.3 is 4.74 Å². The lowest BCUT2D eigenvalue weighted by molar-refractivity contribution is -0.142. The van der Waals surface area contributed by atoms with Crippen LogP contribution in [0, 0.1) is 11.3 Å². The van der Waals surface area contributed by atoms with E-state index >= 15 is 0 Å². The molecule has 0 aromatic heterocycles. The Labute approximate surface area is 83.6 Å². The third-order valence-electron chi connectivity index (χ3n) is 3.26. The maximum absolute atomic E-state index is 11.2. The average molecular weight is 203 g/mol. The summed E-state index contributed by atoms with van der Waals surface area (Å²) in [7, 11) is 0. The molecule has 2 nitrogen and oxygen atoms in total. The highest BCUT2D eigenvalue weighted by Crippen LogP contribution is 2.49. The molecule has 0 spiro atoms. The molecule has 13 heavy (non-hydrogen) atoms. The standard InChI is InChI=1S/C10H15ClO2/c1-6-3-7(11)9-10(2,4-6)5-8(12)13-9/h6-7,9H,3-5H2,1-2H3. The van der Waals surface area contributed by atoms with Gasteiger partial charge in [-0.2, -0.15) is 0 Å². The number of hydrogen-bond donors (Lipinski definition) is 0. The van der Waals surface area contributed by atoms with E-state index in [2.05, 4.69) is 13.8 Å². The van der Waals surface area contributed by atoms with Gasteiger partial charge in [-0.15, -0.1) is 11.6 Å². The number of ether oxygens (including phenoxy) is 1. The molecule has 1 aliphatic carbocycles. The number of alkyl halides is 1. The topological polar surface area (TPSA) is 26.3 Å². The van der Waals surface area contributed by atoms with Crippen LogP contribution in [0.2, 0.25) is 0 Å². The van der Waals surface area contributed by atoms with Crippen molar-refractivity contribution in [1.29, 1.82) is 0 Å². The maximum atomic E-state index is 11.2. The lowest BCUT2D eigenvalue weighted by Gasteiger charge is -2.39. The van der Waals surface area contributed by atoms with Gasteiger partial charge >= 0.3 is 5.97 Å². The fraction of sp³-hybridized carbons (Fsp3) is 0.900. The Hall–Kier alpha value is -0.240. The molecule has 0 N–H and O–H groups in total. The molecule has 4 unspecified atom stereocenters. The van der Waals surface area contributed by atoms with E-state index in [4.69, 9.17) is 16.3 Å². The first-order valence-corrected chi connectivity index (χ1v) is 5.28. The van der Waals surface area contributed by atoms with Gasteiger partial charge in [-0.25, -0.2) is 0 Å². The molecule has 0 radical (unpaired) electrons. The number of hydrogen-bond acceptors (Lipinski definition) is 2. The third kappa shape index (κ3) is 1.45. The van der Waals surface area contributed by atoms with E-state index in [1.807, 2.05) is 0 Å². The average Bonchev–Trinajstić information content (AvgIpc) is 2.23. The number of carbonyl (C=O) groups excluding carboxylic acids is 1. The van der Waals surface area contributed by atoms with Gasteiger partial charge in [-0.1, -0.05) is 13.8 Å². The summed E-state index contributed by atoms with van der Waals surface area (Å²) in [4.78, 5) is 11.2. The van der Waals surface area contributed by atoms with Crippen molar-refractivity contribution in [3.05, 3.63) is 0 Å². The number of fused-ring (bicyclic) bond motifs is 1. The summed E-state index contributed by atoms with van der Waals surface area (Å²) in [5, 5.41) is 0.0141. The predicted octanol–water partition coefficient (Wildman–Crippen LogP) is 2.35. The van der Waals surface area contributed by atoms with Gasteiger partial charge in [0.1, 0.15) is 6.10 Å². The highest BCUT2D eigenvalue weighted by molar-refractivity contribution is 6.21. The molecule has 2 aliphatic rings. The second-order valence-corrected chi connectivity index (χ2v) is 5.36. The van der Waals surface area contributed by atoms with Crippen molar-refractivity contribution in [2.45, 2.75) is 44.6 Å². The van der Waals surface area contributed by atoms with Gasteiger partial charge in [0.15, 0.2) is 0 Å². The highest BCUT2D eigenvalue weighted by atomic mass is 35.5. The fourth-order valence-corrected chi connectivity index (χ4v) is 3.50. The zero-order valence-corrected chi connectivity index (χ0v) is 8.80. The van der Waals surface area contributed by atoms with Crippen LogP contribution in [0.4, 0.5) is 0 Å². The molecule has 1 aliphatic heterocycles. The summed E-state index contributed by atoms with van der Waals surface area (Å²) in [5.74, 6) is 0.533. The Morgan fingerprint density at radius 1 is 1.62 bits per heavy atom. The molecular weight excluding hydrogens is 188 g/mol. The summed E-state index contributed by atoms with van der Waals surface area (Å²) >= 11 is 6.19. The quantitative estimate of drug-likeness (QED) is 0.445. The second kappa shape index (κ2) is 2.88. The highest BCUT2D eigenvalue weighted by Gasteiger charge is 2.52. The molecular formula is C10H15ClO2. The minimum atomic E-state index is -0.0766. The van der Waals surface area contributed by atoms with Gasteiger partial charge in [-0.3, -0.25) is 4.79 Å². The lowest BCUT2D eigenvalue weighted by Crippen LogP contribution is -2.42. The monoisotopic (exact) mass is 202 g/mol. The molecule has 2 fully saturated rings. The first-order valence-electron chi connectivity index (χ1n) is 4.85. The van der Waals surface area contributed by atoms with E-state index in [1.54, 1.807) is 0 Å². The van der Waals surface area contributed by atoms with Crippen molar-refractivity contribution in [2.75, 3.05) is 0 Å². The molecule has 0 amide bonds. The molecule has 1 saturated heterocycles. The van der Waals surface area contributed by atoms with Crippen LogP contribution < -0.4 is 0 Å². The number of carbonyl (C=O) groups is 1. The Bertz CT molecular complexity index is 241. The van der Waals surface area contributed by atoms with E-state index in [-0.39, 0.29) is 22.9 Å². The van der Waals surface area contributed by atoms with Gasteiger partial charge in [0.05, 0.1) is 11.8 Å². The van der Waals surface area contributed by atoms with E-state index in [9.17, 15) is 4.79 Å². The molecule has 2 rings (SSSR count). The van der Waals surface area contributed by atoms with E-state index in [0.29, 0.717) is 12.3 Å². The number of esters is 1. The van der Waals surface area contributed by atoms with E-state index in [0.717, 1.165) is 12.8 Å². The SMILES string of the molecule is CC1CC(Cl)C2OC(=O)CC2(C)C1. The lowest BCUT2D eigenvalue weighted by atomic mass is 9.69. The van der Waals surface area contributed by atoms with Crippen molar-refractivity contribution in [1.82, 2.24) is 0 Å². The molecule has 1 heterocycles. The van der Waals surface area contributed by atoms with Gasteiger partial charge in [0.25, 0.3) is 0 Å². The third-order valence-corrected chi connectivity index (χ3v) is 3.67. The maximum Gasteiger partial charge on any atom is 0.306 e. The van der Waals surface area contributed by atoms with Crippen molar-refractivity contribution >= 4 is 17.6 Å². The number of halogens is 1. The summed E-state index contributed by atoms with van der Waals surface area (Å²) in [5.41, 5.74) is 0.00116. The fourth-order valence-electron chi connectivity index (χ4n) is 2.84. The van der Waals surface area contributed by atoms with Crippen LogP contribution in [-0.4, -0.2) is 17.5 Å². The molecule has 0 aromatic rings. The minimum Gasteiger partial charge on any atom is -0.460 e. The van der Waals surface area contributed by atoms with Crippen LogP contribution in [0.5, 0.6) is 0 Å². The van der Waals surface area contributed by atoms with Crippen LogP contribution in [0.25, 0.3) is 0 Å². The normalized spacial score (nSPS) is 50.1. The van der Waals surface area contributed by atoms with Crippen molar-refractivity contribution in [2.24, 2.45) is 11.3 Å². The smallest absolute Gasteiger partial charge is 0.306 e. The van der Waals surface area contributed by atoms with Crippen molar-refractivity contribution < 1.29 is 9.53 Å². The Morgan fingerprint density at radius 2 is 2.31 bits per heavy atom.